The van der Waals surface area contributed by atoms with E-state index in [1.165, 1.54) is 0 Å². The minimum Gasteiger partial charge on any atom is -0.367 e. The Hall–Kier alpha value is -2.18. The lowest BCUT2D eigenvalue weighted by Gasteiger charge is -2.24. The van der Waals surface area contributed by atoms with Crippen LogP contribution in [0, 0.1) is 0 Å². The smallest absolute Gasteiger partial charge is 0.126 e. The Morgan fingerprint density at radius 1 is 1.22 bits per heavy atom. The molecule has 3 aromatic heterocycles. The molecule has 0 atom stereocenters. The number of anilines is 1. The molecule has 0 unspecified atom stereocenters. The summed E-state index contributed by atoms with van der Waals surface area (Å²) in [5.41, 5.74) is 3.29. The predicted molar refractivity (Wildman–Crippen MR) is 91.6 cm³/mol. The van der Waals surface area contributed by atoms with E-state index in [-0.39, 0.29) is 0 Å². The molecule has 3 N–H and O–H groups in total. The van der Waals surface area contributed by atoms with E-state index >= 15 is 0 Å². The maximum Gasteiger partial charge on any atom is 0.126 e. The van der Waals surface area contributed by atoms with E-state index in [1.807, 2.05) is 18.2 Å². The fraction of sp³-hybridized carbons (Fsp3) is 0.312. The van der Waals surface area contributed by atoms with Crippen molar-refractivity contribution in [3.63, 3.8) is 0 Å². The molecule has 0 aliphatic carbocycles. The van der Waals surface area contributed by atoms with Gasteiger partial charge in [-0.3, -0.25) is 10.1 Å². The zero-order valence-electron chi connectivity index (χ0n) is 12.5. The fourth-order valence-electron chi connectivity index (χ4n) is 2.92. The van der Waals surface area contributed by atoms with Gasteiger partial charge in [0.2, 0.25) is 0 Å². The van der Waals surface area contributed by atoms with Crippen LogP contribution in [-0.2, 0) is 0 Å². The summed E-state index contributed by atoms with van der Waals surface area (Å²) in [6.45, 7) is 2.07. The molecule has 1 aliphatic heterocycles. The largest absolute Gasteiger partial charge is 0.367 e. The molecule has 118 valence electrons. The molecular formula is C16H17ClN6. The molecule has 23 heavy (non-hydrogen) atoms. The van der Waals surface area contributed by atoms with Gasteiger partial charge < -0.3 is 10.6 Å². The van der Waals surface area contributed by atoms with Crippen LogP contribution in [0.5, 0.6) is 0 Å². The summed E-state index contributed by atoms with van der Waals surface area (Å²) in [5, 5.41) is 14.8. The third-order valence-electron chi connectivity index (χ3n) is 4.12. The summed E-state index contributed by atoms with van der Waals surface area (Å²) in [4.78, 5) is 8.80. The van der Waals surface area contributed by atoms with E-state index in [0.717, 1.165) is 54.0 Å². The summed E-state index contributed by atoms with van der Waals surface area (Å²) in [7, 11) is 0. The fourth-order valence-corrected chi connectivity index (χ4v) is 3.11. The number of H-pyrrole nitrogens is 1. The number of pyridine rings is 2. The van der Waals surface area contributed by atoms with Gasteiger partial charge in [-0.1, -0.05) is 11.6 Å². The molecule has 0 aromatic carbocycles. The minimum atomic E-state index is 0.437. The molecule has 1 saturated heterocycles. The van der Waals surface area contributed by atoms with Crippen LogP contribution in [0.4, 0.5) is 5.82 Å². The zero-order valence-corrected chi connectivity index (χ0v) is 13.3. The Balaban J connectivity index is 1.69. The van der Waals surface area contributed by atoms with Gasteiger partial charge in [0, 0.05) is 24.0 Å². The van der Waals surface area contributed by atoms with Crippen molar-refractivity contribution in [1.82, 2.24) is 25.5 Å². The van der Waals surface area contributed by atoms with Crippen LogP contribution >= 0.6 is 11.6 Å². The average Bonchev–Trinajstić information content (AvgIpc) is 3.01. The van der Waals surface area contributed by atoms with E-state index in [9.17, 15) is 0 Å². The highest BCUT2D eigenvalue weighted by Crippen LogP contribution is 2.32. The maximum absolute atomic E-state index is 6.35. The van der Waals surface area contributed by atoms with Crippen molar-refractivity contribution in [1.29, 1.82) is 0 Å². The quantitative estimate of drug-likeness (QED) is 0.689. The lowest BCUT2D eigenvalue weighted by Crippen LogP contribution is -2.35. The zero-order chi connectivity index (χ0) is 15.6. The molecule has 0 amide bonds. The summed E-state index contributed by atoms with van der Waals surface area (Å²) in [6, 6.07) is 6.21. The summed E-state index contributed by atoms with van der Waals surface area (Å²) < 4.78 is 0. The molecule has 3 aromatic rings. The molecule has 0 spiro atoms. The molecule has 1 aliphatic rings. The van der Waals surface area contributed by atoms with E-state index in [1.54, 1.807) is 12.4 Å². The SMILES string of the molecule is Clc1cnc(NC2CCNCC2)cc1-c1n[nH]c2cccnc12. The molecule has 6 nitrogen and oxygen atoms in total. The molecule has 4 rings (SSSR count). The van der Waals surface area contributed by atoms with Gasteiger partial charge in [0.1, 0.15) is 17.0 Å². The first-order valence-corrected chi connectivity index (χ1v) is 8.11. The second-order valence-electron chi connectivity index (χ2n) is 5.69. The number of hydrogen-bond acceptors (Lipinski definition) is 5. The summed E-state index contributed by atoms with van der Waals surface area (Å²) >= 11 is 6.35. The van der Waals surface area contributed by atoms with Crippen LogP contribution in [0.15, 0.2) is 30.6 Å². The first-order valence-electron chi connectivity index (χ1n) is 7.73. The van der Waals surface area contributed by atoms with Crippen molar-refractivity contribution >= 4 is 28.5 Å². The first-order chi connectivity index (χ1) is 11.3. The normalized spacial score (nSPS) is 15.9. The van der Waals surface area contributed by atoms with Gasteiger partial charge >= 0.3 is 0 Å². The third-order valence-corrected chi connectivity index (χ3v) is 4.42. The van der Waals surface area contributed by atoms with Crippen LogP contribution in [0.25, 0.3) is 22.3 Å². The van der Waals surface area contributed by atoms with Crippen LogP contribution in [0.2, 0.25) is 5.02 Å². The van der Waals surface area contributed by atoms with E-state index in [0.29, 0.717) is 11.1 Å². The molecule has 0 radical (unpaired) electrons. The lowest BCUT2D eigenvalue weighted by atomic mass is 10.1. The number of hydrogen-bond donors (Lipinski definition) is 3. The van der Waals surface area contributed by atoms with Gasteiger partial charge in [-0.15, -0.1) is 0 Å². The van der Waals surface area contributed by atoms with Crippen molar-refractivity contribution in [2.45, 2.75) is 18.9 Å². The van der Waals surface area contributed by atoms with Crippen LogP contribution in [-0.4, -0.2) is 39.3 Å². The van der Waals surface area contributed by atoms with E-state index < -0.39 is 0 Å². The van der Waals surface area contributed by atoms with E-state index in [4.69, 9.17) is 11.6 Å². The van der Waals surface area contributed by atoms with Crippen LogP contribution < -0.4 is 10.6 Å². The van der Waals surface area contributed by atoms with Crippen molar-refractivity contribution in [2.75, 3.05) is 18.4 Å². The first kappa shape index (κ1) is 14.4. The second kappa shape index (κ2) is 6.14. The Labute approximate surface area is 138 Å². The molecule has 0 bridgehead atoms. The van der Waals surface area contributed by atoms with E-state index in [2.05, 4.69) is 30.8 Å². The number of rotatable bonds is 3. The molecule has 4 heterocycles. The number of fused-ring (bicyclic) bond motifs is 1. The highest BCUT2D eigenvalue weighted by Gasteiger charge is 2.16. The van der Waals surface area contributed by atoms with Crippen molar-refractivity contribution in [3.05, 3.63) is 35.6 Å². The van der Waals surface area contributed by atoms with Crippen molar-refractivity contribution < 1.29 is 0 Å². The monoisotopic (exact) mass is 328 g/mol. The Morgan fingerprint density at radius 3 is 2.96 bits per heavy atom. The molecule has 1 fully saturated rings. The predicted octanol–water partition coefficient (Wildman–Crippen LogP) is 2.84. The van der Waals surface area contributed by atoms with Gasteiger partial charge in [0.15, 0.2) is 0 Å². The molecular weight excluding hydrogens is 312 g/mol. The number of aromatic nitrogens is 4. The summed E-state index contributed by atoms with van der Waals surface area (Å²) in [6.07, 6.45) is 5.60. The Bertz CT molecular complexity index is 824. The van der Waals surface area contributed by atoms with Crippen molar-refractivity contribution in [2.24, 2.45) is 0 Å². The number of halogens is 1. The number of nitrogens with zero attached hydrogens (tertiary/aromatic N) is 3. The van der Waals surface area contributed by atoms with Gasteiger partial charge in [0.25, 0.3) is 0 Å². The van der Waals surface area contributed by atoms with Gasteiger partial charge in [-0.25, -0.2) is 4.98 Å². The number of aromatic amines is 1. The maximum atomic E-state index is 6.35. The number of nitrogens with one attached hydrogen (secondary N) is 3. The minimum absolute atomic E-state index is 0.437. The standard InChI is InChI=1S/C16H17ClN6/c17-12-9-20-14(21-10-3-6-18-7-4-10)8-11(12)15-16-13(22-23-15)2-1-5-19-16/h1-2,5,8-10,18H,3-4,6-7H2,(H,20,21)(H,22,23). The second-order valence-corrected chi connectivity index (χ2v) is 6.10. The van der Waals surface area contributed by atoms with Gasteiger partial charge in [-0.05, 0) is 44.1 Å². The van der Waals surface area contributed by atoms with Crippen LogP contribution in [0.3, 0.4) is 0 Å². The van der Waals surface area contributed by atoms with Crippen LogP contribution in [0.1, 0.15) is 12.8 Å². The molecule has 0 saturated carbocycles. The van der Waals surface area contributed by atoms with Gasteiger partial charge in [-0.2, -0.15) is 5.10 Å². The Kier molecular flexibility index (Phi) is 3.85. The van der Waals surface area contributed by atoms with Gasteiger partial charge in [0.05, 0.1) is 10.5 Å². The summed E-state index contributed by atoms with van der Waals surface area (Å²) in [5.74, 6) is 0.823. The van der Waals surface area contributed by atoms with Crippen molar-refractivity contribution in [3.8, 4) is 11.3 Å². The highest BCUT2D eigenvalue weighted by molar-refractivity contribution is 6.33. The molecule has 7 heteroatoms. The lowest BCUT2D eigenvalue weighted by molar-refractivity contribution is 0.478. The average molecular weight is 329 g/mol. The number of piperidine rings is 1. The highest BCUT2D eigenvalue weighted by atomic mass is 35.5. The Morgan fingerprint density at radius 2 is 2.09 bits per heavy atom. The third kappa shape index (κ3) is 2.87. The topological polar surface area (TPSA) is 78.5 Å².